The number of halogens is 3. The monoisotopic (exact) mass is 262 g/mol. The van der Waals surface area contributed by atoms with E-state index in [1.807, 2.05) is 6.92 Å². The van der Waals surface area contributed by atoms with Crippen molar-refractivity contribution in [3.8, 4) is 0 Å². The van der Waals surface area contributed by atoms with Crippen molar-refractivity contribution < 1.29 is 18.3 Å². The standard InChI is InChI=1S/C12H17F3N2O/c1-2-9(18)5-6-17-8-3-4-11(16)10(7-8)12(13,14)15/h3-4,7,9,17-18H,2,5-6,16H2,1H3. The van der Waals surface area contributed by atoms with Crippen LogP contribution in [0.3, 0.4) is 0 Å². The minimum atomic E-state index is -4.45. The van der Waals surface area contributed by atoms with Crippen LogP contribution in [0, 0.1) is 0 Å². The molecular formula is C12H17F3N2O. The first-order valence-electron chi connectivity index (χ1n) is 5.73. The van der Waals surface area contributed by atoms with Crippen molar-refractivity contribution in [1.82, 2.24) is 0 Å². The van der Waals surface area contributed by atoms with Crippen molar-refractivity contribution in [1.29, 1.82) is 0 Å². The lowest BCUT2D eigenvalue weighted by Gasteiger charge is -2.14. The summed E-state index contributed by atoms with van der Waals surface area (Å²) in [4.78, 5) is 0. The number of benzene rings is 1. The van der Waals surface area contributed by atoms with Gasteiger partial charge in [-0.1, -0.05) is 6.92 Å². The van der Waals surface area contributed by atoms with Crippen molar-refractivity contribution in [2.24, 2.45) is 0 Å². The molecule has 102 valence electrons. The van der Waals surface area contributed by atoms with Gasteiger partial charge in [-0.25, -0.2) is 0 Å². The molecule has 0 spiro atoms. The first-order valence-corrected chi connectivity index (χ1v) is 5.73. The number of anilines is 2. The van der Waals surface area contributed by atoms with Crippen molar-refractivity contribution in [2.45, 2.75) is 32.0 Å². The summed E-state index contributed by atoms with van der Waals surface area (Å²) in [5.74, 6) is 0. The van der Waals surface area contributed by atoms with E-state index >= 15 is 0 Å². The molecule has 3 nitrogen and oxygen atoms in total. The van der Waals surface area contributed by atoms with Gasteiger partial charge in [0.15, 0.2) is 0 Å². The Morgan fingerprint density at radius 1 is 1.39 bits per heavy atom. The lowest BCUT2D eigenvalue weighted by molar-refractivity contribution is -0.136. The average Bonchev–Trinajstić information content (AvgIpc) is 2.29. The van der Waals surface area contributed by atoms with Crippen LogP contribution in [0.25, 0.3) is 0 Å². The average molecular weight is 262 g/mol. The van der Waals surface area contributed by atoms with Crippen LogP contribution in [0.1, 0.15) is 25.3 Å². The molecule has 0 radical (unpaired) electrons. The predicted molar refractivity (Wildman–Crippen MR) is 65.3 cm³/mol. The largest absolute Gasteiger partial charge is 0.418 e. The van der Waals surface area contributed by atoms with Crippen molar-refractivity contribution >= 4 is 11.4 Å². The van der Waals surface area contributed by atoms with E-state index in [1.54, 1.807) is 0 Å². The van der Waals surface area contributed by atoms with Gasteiger partial charge in [0.2, 0.25) is 0 Å². The van der Waals surface area contributed by atoms with Gasteiger partial charge in [0.1, 0.15) is 0 Å². The first kappa shape index (κ1) is 14.6. The van der Waals surface area contributed by atoms with Crippen LogP contribution in [0.2, 0.25) is 0 Å². The minimum absolute atomic E-state index is 0.290. The summed E-state index contributed by atoms with van der Waals surface area (Å²) in [7, 11) is 0. The van der Waals surface area contributed by atoms with Gasteiger partial charge < -0.3 is 16.2 Å². The summed E-state index contributed by atoms with van der Waals surface area (Å²) in [5.41, 5.74) is 4.50. The molecule has 1 aromatic rings. The number of aliphatic hydroxyl groups excluding tert-OH is 1. The summed E-state index contributed by atoms with van der Waals surface area (Å²) in [5, 5.41) is 12.2. The summed E-state index contributed by atoms with van der Waals surface area (Å²) in [6, 6.07) is 3.69. The third-order valence-corrected chi connectivity index (χ3v) is 2.64. The van der Waals surface area contributed by atoms with Crippen LogP contribution in [-0.4, -0.2) is 17.8 Å². The Hall–Kier alpha value is -1.43. The van der Waals surface area contributed by atoms with E-state index in [0.717, 1.165) is 6.07 Å². The lowest BCUT2D eigenvalue weighted by atomic mass is 10.1. The normalized spacial score (nSPS) is 13.4. The fourth-order valence-electron chi connectivity index (χ4n) is 1.50. The van der Waals surface area contributed by atoms with Gasteiger partial charge in [-0.05, 0) is 31.0 Å². The third kappa shape index (κ3) is 4.10. The van der Waals surface area contributed by atoms with Crippen molar-refractivity contribution in [3.05, 3.63) is 23.8 Å². The second-order valence-electron chi connectivity index (χ2n) is 4.08. The maximum absolute atomic E-state index is 12.6. The number of nitrogens with two attached hydrogens (primary N) is 1. The van der Waals surface area contributed by atoms with Gasteiger partial charge >= 0.3 is 6.18 Å². The molecule has 18 heavy (non-hydrogen) atoms. The third-order valence-electron chi connectivity index (χ3n) is 2.64. The Balaban J connectivity index is 2.68. The summed E-state index contributed by atoms with van der Waals surface area (Å²) in [6.07, 6.45) is -3.78. The van der Waals surface area contributed by atoms with Crippen LogP contribution in [0.5, 0.6) is 0 Å². The lowest BCUT2D eigenvalue weighted by Crippen LogP contribution is -2.13. The fraction of sp³-hybridized carbons (Fsp3) is 0.500. The Kier molecular flexibility index (Phi) is 4.84. The van der Waals surface area contributed by atoms with E-state index in [1.165, 1.54) is 12.1 Å². The molecule has 1 unspecified atom stereocenters. The number of alkyl halides is 3. The zero-order valence-corrected chi connectivity index (χ0v) is 10.1. The summed E-state index contributed by atoms with van der Waals surface area (Å²) >= 11 is 0. The first-order chi connectivity index (χ1) is 8.34. The Morgan fingerprint density at radius 3 is 2.61 bits per heavy atom. The molecule has 6 heteroatoms. The number of nitrogens with one attached hydrogen (secondary N) is 1. The molecule has 0 saturated heterocycles. The van der Waals surface area contributed by atoms with E-state index in [9.17, 15) is 18.3 Å². The molecule has 0 aromatic heterocycles. The molecular weight excluding hydrogens is 245 g/mol. The molecule has 0 aliphatic heterocycles. The number of aliphatic hydroxyl groups is 1. The predicted octanol–water partition coefficient (Wildman–Crippen LogP) is 2.86. The molecule has 0 fully saturated rings. The molecule has 1 rings (SSSR count). The molecule has 1 atom stereocenters. The molecule has 0 heterocycles. The highest BCUT2D eigenvalue weighted by Gasteiger charge is 2.33. The van der Waals surface area contributed by atoms with Gasteiger partial charge in [0, 0.05) is 17.9 Å². The zero-order chi connectivity index (χ0) is 13.8. The number of hydrogen-bond acceptors (Lipinski definition) is 3. The van der Waals surface area contributed by atoms with Crippen molar-refractivity contribution in [2.75, 3.05) is 17.6 Å². The molecule has 0 aliphatic carbocycles. The van der Waals surface area contributed by atoms with Gasteiger partial charge in [-0.15, -0.1) is 0 Å². The SMILES string of the molecule is CCC(O)CCNc1ccc(N)c(C(F)(F)F)c1. The van der Waals surface area contributed by atoms with Crippen LogP contribution in [-0.2, 0) is 6.18 Å². The van der Waals surface area contributed by atoms with Crippen LogP contribution < -0.4 is 11.1 Å². The summed E-state index contributed by atoms with van der Waals surface area (Å²) in [6.45, 7) is 2.26. The van der Waals surface area contributed by atoms with Gasteiger partial charge in [0.05, 0.1) is 11.7 Å². The van der Waals surface area contributed by atoms with Crippen LogP contribution in [0.4, 0.5) is 24.5 Å². The smallest absolute Gasteiger partial charge is 0.398 e. The van der Waals surface area contributed by atoms with E-state index in [4.69, 9.17) is 5.73 Å². The second-order valence-corrected chi connectivity index (χ2v) is 4.08. The quantitative estimate of drug-likeness (QED) is 0.715. The highest BCUT2D eigenvalue weighted by Crippen LogP contribution is 2.35. The van der Waals surface area contributed by atoms with Crippen LogP contribution in [0.15, 0.2) is 18.2 Å². The van der Waals surface area contributed by atoms with Gasteiger partial charge in [0.25, 0.3) is 0 Å². The maximum Gasteiger partial charge on any atom is 0.418 e. The number of rotatable bonds is 5. The Morgan fingerprint density at radius 2 is 2.06 bits per heavy atom. The molecule has 0 saturated carbocycles. The molecule has 0 amide bonds. The van der Waals surface area contributed by atoms with E-state index in [0.29, 0.717) is 25.1 Å². The van der Waals surface area contributed by atoms with Gasteiger partial charge in [-0.2, -0.15) is 13.2 Å². The number of hydrogen-bond donors (Lipinski definition) is 3. The summed E-state index contributed by atoms with van der Waals surface area (Å²) < 4.78 is 37.8. The topological polar surface area (TPSA) is 58.3 Å². The second kappa shape index (κ2) is 5.95. The minimum Gasteiger partial charge on any atom is -0.398 e. The highest BCUT2D eigenvalue weighted by molar-refractivity contribution is 5.58. The molecule has 1 aromatic carbocycles. The maximum atomic E-state index is 12.6. The van der Waals surface area contributed by atoms with Crippen LogP contribution >= 0.6 is 0 Å². The Labute approximate surface area is 104 Å². The molecule has 0 aliphatic rings. The van der Waals surface area contributed by atoms with E-state index < -0.39 is 17.8 Å². The Bertz CT molecular complexity index is 393. The van der Waals surface area contributed by atoms with E-state index in [-0.39, 0.29) is 5.69 Å². The zero-order valence-electron chi connectivity index (χ0n) is 10.1. The molecule has 4 N–H and O–H groups in total. The molecule has 0 bridgehead atoms. The van der Waals surface area contributed by atoms with E-state index in [2.05, 4.69) is 5.32 Å². The highest BCUT2D eigenvalue weighted by atomic mass is 19.4. The number of nitrogen functional groups attached to an aromatic ring is 1. The van der Waals surface area contributed by atoms with Crippen molar-refractivity contribution in [3.63, 3.8) is 0 Å². The van der Waals surface area contributed by atoms with Gasteiger partial charge in [-0.3, -0.25) is 0 Å². The fourth-order valence-corrected chi connectivity index (χ4v) is 1.50.